The fourth-order valence-electron chi connectivity index (χ4n) is 2.52. The quantitative estimate of drug-likeness (QED) is 0.200. The summed E-state index contributed by atoms with van der Waals surface area (Å²) in [6.45, 7) is 0. The Kier molecular flexibility index (Phi) is 7.54. The minimum atomic E-state index is -0.627. The number of benzene rings is 2. The molecule has 2 amide bonds. The highest BCUT2D eigenvalue weighted by Gasteiger charge is 2.18. The monoisotopic (exact) mass is 398 g/mol. The Bertz CT molecular complexity index is 813. The van der Waals surface area contributed by atoms with Gasteiger partial charge in [-0.15, -0.1) is 0 Å². The molecule has 0 aliphatic rings. The highest BCUT2D eigenvalue weighted by atomic mass is 16.4. The number of rotatable bonds is 4. The van der Waals surface area contributed by atoms with Crippen LogP contribution < -0.4 is 10.9 Å². The van der Waals surface area contributed by atoms with Crippen molar-refractivity contribution in [2.24, 2.45) is 10.3 Å². The molecule has 152 valence electrons. The summed E-state index contributed by atoms with van der Waals surface area (Å²) in [5.74, 6) is -1.04. The van der Waals surface area contributed by atoms with Gasteiger partial charge in [0.25, 0.3) is 0 Å². The number of nitrogens with zero attached hydrogens (tertiary/aromatic N) is 4. The van der Waals surface area contributed by atoms with Crippen LogP contribution in [0.1, 0.15) is 17.5 Å². The van der Waals surface area contributed by atoms with Crippen LogP contribution in [0.25, 0.3) is 0 Å². The van der Waals surface area contributed by atoms with E-state index in [1.165, 1.54) is 24.1 Å². The van der Waals surface area contributed by atoms with E-state index in [-0.39, 0.29) is 11.7 Å². The Morgan fingerprint density at radius 3 is 1.41 bits per heavy atom. The van der Waals surface area contributed by atoms with Crippen molar-refractivity contribution in [3.63, 3.8) is 0 Å². The molecule has 0 spiro atoms. The first-order chi connectivity index (χ1) is 14.0. The third-order valence-electron chi connectivity index (χ3n) is 3.79. The van der Waals surface area contributed by atoms with Crippen LogP contribution in [0.15, 0.2) is 71.0 Å². The molecule has 2 rings (SSSR count). The van der Waals surface area contributed by atoms with E-state index < -0.39 is 18.2 Å². The molecule has 29 heavy (non-hydrogen) atoms. The van der Waals surface area contributed by atoms with Gasteiger partial charge in [-0.25, -0.2) is 0 Å². The van der Waals surface area contributed by atoms with E-state index in [0.717, 1.165) is 0 Å². The predicted octanol–water partition coefficient (Wildman–Crippen LogP) is 0.975. The molecule has 0 saturated heterocycles. The molecule has 0 fully saturated rings. The van der Waals surface area contributed by atoms with Gasteiger partial charge >= 0.3 is 0 Å². The molecule has 0 aromatic heterocycles. The Morgan fingerprint density at radius 2 is 1.10 bits per heavy atom. The minimum absolute atomic E-state index is 0.107. The maximum Gasteiger partial charge on any atom is 0.248 e. The third kappa shape index (κ3) is 5.96. The molecule has 0 saturated carbocycles. The Labute approximate surface area is 167 Å². The summed E-state index contributed by atoms with van der Waals surface area (Å²) in [6.07, 6.45) is -0.504. The van der Waals surface area contributed by atoms with Crippen molar-refractivity contribution in [1.29, 1.82) is 0 Å². The molecule has 10 heteroatoms. The van der Waals surface area contributed by atoms with Gasteiger partial charge in [0, 0.05) is 25.2 Å². The van der Waals surface area contributed by atoms with Gasteiger partial charge in [0.1, 0.15) is 6.42 Å². The molecule has 0 bridgehead atoms. The van der Waals surface area contributed by atoms with E-state index in [4.69, 9.17) is 0 Å². The summed E-state index contributed by atoms with van der Waals surface area (Å²) in [6, 6.07) is 17.5. The van der Waals surface area contributed by atoms with E-state index >= 15 is 0 Å². The van der Waals surface area contributed by atoms with Crippen LogP contribution in [0.2, 0.25) is 0 Å². The lowest BCUT2D eigenvalue weighted by atomic mass is 10.2. The number of amidine groups is 2. The van der Waals surface area contributed by atoms with Crippen molar-refractivity contribution in [3.05, 3.63) is 71.8 Å². The summed E-state index contributed by atoms with van der Waals surface area (Å²) in [7, 11) is 2.96. The largest absolute Gasteiger partial charge is 0.409 e. The number of hydrazine groups is 2. The number of carbonyl (C=O) groups excluding carboxylic acids is 2. The van der Waals surface area contributed by atoms with Gasteiger partial charge in [0.05, 0.1) is 0 Å². The Hall–Kier alpha value is -4.08. The molecule has 0 heterocycles. The average molecular weight is 398 g/mol. The Morgan fingerprint density at radius 1 is 0.759 bits per heavy atom. The summed E-state index contributed by atoms with van der Waals surface area (Å²) >= 11 is 0. The van der Waals surface area contributed by atoms with E-state index in [2.05, 4.69) is 21.2 Å². The number of nitrogens with one attached hydrogen (secondary N) is 2. The third-order valence-corrected chi connectivity index (χ3v) is 3.79. The first-order valence-corrected chi connectivity index (χ1v) is 8.57. The van der Waals surface area contributed by atoms with Crippen LogP contribution in [0.5, 0.6) is 0 Å². The van der Waals surface area contributed by atoms with E-state index in [1.807, 2.05) is 0 Å². The highest BCUT2D eigenvalue weighted by molar-refractivity contribution is 6.03. The zero-order valence-corrected chi connectivity index (χ0v) is 16.0. The molecular weight excluding hydrogens is 376 g/mol. The SMILES string of the molecule is CN(NC(=O)CC(=O)NN(C)/C(=N/O)c1ccccc1)/C(=N/O)c1ccccc1. The van der Waals surface area contributed by atoms with Crippen molar-refractivity contribution in [2.75, 3.05) is 14.1 Å². The molecule has 0 aliphatic carbocycles. The van der Waals surface area contributed by atoms with Crippen molar-refractivity contribution in [1.82, 2.24) is 20.9 Å². The van der Waals surface area contributed by atoms with Crippen LogP contribution in [0.4, 0.5) is 0 Å². The number of carbonyl (C=O) groups is 2. The number of hydrogen-bond donors (Lipinski definition) is 4. The van der Waals surface area contributed by atoms with Gasteiger partial charge < -0.3 is 10.4 Å². The van der Waals surface area contributed by atoms with Gasteiger partial charge in [-0.05, 0) is 0 Å². The second-order valence-electron chi connectivity index (χ2n) is 5.94. The summed E-state index contributed by atoms with van der Waals surface area (Å²) < 4.78 is 0. The molecule has 0 atom stereocenters. The number of oxime groups is 2. The zero-order valence-electron chi connectivity index (χ0n) is 16.0. The summed E-state index contributed by atoms with van der Waals surface area (Å²) in [5, 5.41) is 27.2. The molecular formula is C19H22N6O4. The fourth-order valence-corrected chi connectivity index (χ4v) is 2.52. The van der Waals surface area contributed by atoms with Gasteiger partial charge in [0.2, 0.25) is 11.8 Å². The lowest BCUT2D eigenvalue weighted by Crippen LogP contribution is -2.48. The molecule has 0 unspecified atom stereocenters. The predicted molar refractivity (Wildman–Crippen MR) is 106 cm³/mol. The van der Waals surface area contributed by atoms with Crippen LogP contribution in [0, 0.1) is 0 Å². The lowest BCUT2D eigenvalue weighted by molar-refractivity contribution is -0.132. The van der Waals surface area contributed by atoms with Crippen LogP contribution in [-0.2, 0) is 9.59 Å². The zero-order chi connectivity index (χ0) is 21.2. The topological polar surface area (TPSA) is 130 Å². The fraction of sp³-hybridized carbons (Fsp3) is 0.158. The molecule has 4 N–H and O–H groups in total. The van der Waals surface area contributed by atoms with Gasteiger partial charge in [-0.3, -0.25) is 30.5 Å². The van der Waals surface area contributed by atoms with Crippen molar-refractivity contribution in [2.45, 2.75) is 6.42 Å². The number of hydrogen-bond acceptors (Lipinski definition) is 6. The number of amides is 2. The van der Waals surface area contributed by atoms with Gasteiger partial charge in [-0.2, -0.15) is 0 Å². The summed E-state index contributed by atoms with van der Waals surface area (Å²) in [4.78, 5) is 24.3. The van der Waals surface area contributed by atoms with Crippen molar-refractivity contribution >= 4 is 23.5 Å². The van der Waals surface area contributed by atoms with E-state index in [1.54, 1.807) is 60.7 Å². The van der Waals surface area contributed by atoms with Gasteiger partial charge in [0.15, 0.2) is 11.7 Å². The van der Waals surface area contributed by atoms with Crippen LogP contribution in [-0.4, -0.2) is 58.0 Å². The van der Waals surface area contributed by atoms with Crippen LogP contribution in [0.3, 0.4) is 0 Å². The van der Waals surface area contributed by atoms with E-state index in [0.29, 0.717) is 11.1 Å². The van der Waals surface area contributed by atoms with E-state index in [9.17, 15) is 20.0 Å². The maximum atomic E-state index is 12.2. The molecule has 0 aliphatic heterocycles. The molecule has 2 aromatic rings. The first kappa shape index (κ1) is 21.2. The van der Waals surface area contributed by atoms with Crippen LogP contribution >= 0.6 is 0 Å². The van der Waals surface area contributed by atoms with Crippen molar-refractivity contribution in [3.8, 4) is 0 Å². The highest BCUT2D eigenvalue weighted by Crippen LogP contribution is 2.04. The molecule has 10 nitrogen and oxygen atoms in total. The maximum absolute atomic E-state index is 12.2. The van der Waals surface area contributed by atoms with Crippen molar-refractivity contribution < 1.29 is 20.0 Å². The van der Waals surface area contributed by atoms with Gasteiger partial charge in [-0.1, -0.05) is 71.0 Å². The second-order valence-corrected chi connectivity index (χ2v) is 5.94. The summed E-state index contributed by atoms with van der Waals surface area (Å²) in [5.41, 5.74) is 6.06. The second kappa shape index (κ2) is 10.3. The smallest absolute Gasteiger partial charge is 0.248 e. The first-order valence-electron chi connectivity index (χ1n) is 8.57. The standard InChI is InChI=1S/C19H22N6O4/c1-24(18(22-28)14-9-5-3-6-10-14)20-16(26)13-17(27)21-25(2)19(23-29)15-11-7-4-8-12-15/h3-12,28-29H,13H2,1-2H3,(H,20,26)(H,21,27)/b22-18+,23-19+. The molecule has 2 aromatic carbocycles. The Balaban J connectivity index is 1.92. The minimum Gasteiger partial charge on any atom is -0.409 e. The normalized spacial score (nSPS) is 11.5. The lowest BCUT2D eigenvalue weighted by Gasteiger charge is -2.22. The average Bonchev–Trinajstić information content (AvgIpc) is 2.70. The molecule has 0 radical (unpaired) electrons.